The summed E-state index contributed by atoms with van der Waals surface area (Å²) < 4.78 is 24.3. The van der Waals surface area contributed by atoms with Gasteiger partial charge in [0.05, 0.1) is 49.3 Å². The SMILES string of the molecule is CCCCOc1ccc(C2C(C(=O)OCC(C)C)=C(C)N=c3s/c(=C\c4ccc(O)c(OC)c4)c(=O)n32)cc1OC. The van der Waals surface area contributed by atoms with Crippen molar-refractivity contribution in [2.75, 3.05) is 27.4 Å². The summed E-state index contributed by atoms with van der Waals surface area (Å²) in [5, 5.41) is 9.97. The minimum Gasteiger partial charge on any atom is -0.504 e. The van der Waals surface area contributed by atoms with Crippen molar-refractivity contribution in [3.05, 3.63) is 78.5 Å². The van der Waals surface area contributed by atoms with Crippen LogP contribution in [-0.4, -0.2) is 43.1 Å². The first-order valence-electron chi connectivity index (χ1n) is 13.6. The number of carbonyl (C=O) groups excluding carboxylic acids is 1. The highest BCUT2D eigenvalue weighted by atomic mass is 32.1. The van der Waals surface area contributed by atoms with Crippen LogP contribution in [0.1, 0.15) is 57.7 Å². The Morgan fingerprint density at radius 1 is 1.12 bits per heavy atom. The molecule has 0 radical (unpaired) electrons. The zero-order valence-electron chi connectivity index (χ0n) is 24.2. The average molecular weight is 581 g/mol. The molecule has 1 aliphatic rings. The maximum atomic E-state index is 13.9. The van der Waals surface area contributed by atoms with Crippen molar-refractivity contribution in [2.24, 2.45) is 10.9 Å². The van der Waals surface area contributed by atoms with Crippen LogP contribution in [0.25, 0.3) is 6.08 Å². The van der Waals surface area contributed by atoms with Crippen molar-refractivity contribution in [1.29, 1.82) is 0 Å². The molecule has 0 aliphatic carbocycles. The maximum Gasteiger partial charge on any atom is 0.338 e. The average Bonchev–Trinajstić information content (AvgIpc) is 3.26. The van der Waals surface area contributed by atoms with Crippen molar-refractivity contribution >= 4 is 23.4 Å². The number of hydrogen-bond donors (Lipinski definition) is 1. The monoisotopic (exact) mass is 580 g/mol. The zero-order chi connectivity index (χ0) is 29.7. The Bertz CT molecular complexity index is 1630. The number of carbonyl (C=O) groups is 1. The van der Waals surface area contributed by atoms with Crippen LogP contribution in [0.5, 0.6) is 23.0 Å². The number of aromatic hydroxyl groups is 1. The molecule has 41 heavy (non-hydrogen) atoms. The van der Waals surface area contributed by atoms with E-state index in [1.807, 2.05) is 19.9 Å². The largest absolute Gasteiger partial charge is 0.504 e. The number of thiazole rings is 1. The third-order valence-electron chi connectivity index (χ3n) is 6.55. The zero-order valence-corrected chi connectivity index (χ0v) is 25.0. The highest BCUT2D eigenvalue weighted by molar-refractivity contribution is 7.07. The second-order valence-electron chi connectivity index (χ2n) is 10.1. The number of esters is 1. The lowest BCUT2D eigenvalue weighted by Gasteiger charge is -2.25. The standard InChI is InChI=1S/C31H36N2O7S/c1-7-8-13-39-23-12-10-21(16-25(23)38-6)28-27(30(36)40-17-18(2)3)19(4)32-31-33(28)29(35)26(41-31)15-20-9-11-22(34)24(14-20)37-5/h9-12,14-16,18,28,34H,7-8,13,17H2,1-6H3/b26-15-. The second kappa shape index (κ2) is 13.1. The van der Waals surface area contributed by atoms with Crippen molar-refractivity contribution in [3.63, 3.8) is 0 Å². The Morgan fingerprint density at radius 2 is 1.88 bits per heavy atom. The van der Waals surface area contributed by atoms with E-state index in [9.17, 15) is 14.7 Å². The van der Waals surface area contributed by atoms with E-state index in [-0.39, 0.29) is 29.4 Å². The van der Waals surface area contributed by atoms with Gasteiger partial charge in [-0.1, -0.05) is 50.7 Å². The molecule has 1 unspecified atom stereocenters. The maximum absolute atomic E-state index is 13.9. The molecule has 0 amide bonds. The molecule has 1 aromatic heterocycles. The number of benzene rings is 2. The van der Waals surface area contributed by atoms with Crippen molar-refractivity contribution < 1.29 is 28.8 Å². The quantitative estimate of drug-likeness (QED) is 0.266. The Morgan fingerprint density at radius 3 is 2.56 bits per heavy atom. The predicted octanol–water partition coefficient (Wildman–Crippen LogP) is 4.34. The summed E-state index contributed by atoms with van der Waals surface area (Å²) in [4.78, 5) is 32.5. The Balaban J connectivity index is 1.88. The number of rotatable bonds is 11. The van der Waals surface area contributed by atoms with Gasteiger partial charge in [0.2, 0.25) is 0 Å². The van der Waals surface area contributed by atoms with Gasteiger partial charge in [-0.05, 0) is 60.7 Å². The van der Waals surface area contributed by atoms with Crippen LogP contribution < -0.4 is 29.1 Å². The Hall–Kier alpha value is -4.05. The van der Waals surface area contributed by atoms with Crippen molar-refractivity contribution in [2.45, 2.75) is 46.6 Å². The lowest BCUT2D eigenvalue weighted by Crippen LogP contribution is -2.40. The summed E-state index contributed by atoms with van der Waals surface area (Å²) in [5.41, 5.74) is 1.79. The van der Waals surface area contributed by atoms with Gasteiger partial charge < -0.3 is 24.1 Å². The number of nitrogens with zero attached hydrogens (tertiary/aromatic N) is 2. The van der Waals surface area contributed by atoms with E-state index in [0.29, 0.717) is 50.0 Å². The molecule has 3 aromatic rings. The number of unbranched alkanes of at least 4 members (excludes halogenated alkanes) is 1. The molecule has 0 saturated heterocycles. The molecule has 0 fully saturated rings. The highest BCUT2D eigenvalue weighted by Gasteiger charge is 2.34. The van der Waals surface area contributed by atoms with Crippen LogP contribution >= 0.6 is 11.3 Å². The molecular weight excluding hydrogens is 544 g/mol. The number of ether oxygens (including phenoxy) is 4. The minimum absolute atomic E-state index is 0.00218. The topological polar surface area (TPSA) is 109 Å². The first-order chi connectivity index (χ1) is 19.7. The molecule has 1 N–H and O–H groups in total. The van der Waals surface area contributed by atoms with Crippen molar-refractivity contribution in [3.8, 4) is 23.0 Å². The first kappa shape index (κ1) is 29.9. The Labute approximate surface area is 243 Å². The van der Waals surface area contributed by atoms with Crippen molar-refractivity contribution in [1.82, 2.24) is 4.57 Å². The highest BCUT2D eigenvalue weighted by Crippen LogP contribution is 2.36. The fourth-order valence-electron chi connectivity index (χ4n) is 4.45. The summed E-state index contributed by atoms with van der Waals surface area (Å²) in [5.74, 6) is 1.00. The normalized spacial score (nSPS) is 15.0. The number of phenols is 1. The molecule has 2 heterocycles. The Kier molecular flexibility index (Phi) is 9.54. The van der Waals surface area contributed by atoms with Gasteiger partial charge >= 0.3 is 5.97 Å². The molecule has 1 aliphatic heterocycles. The van der Waals surface area contributed by atoms with Crippen LogP contribution in [0.2, 0.25) is 0 Å². The van der Waals surface area contributed by atoms with Crippen LogP contribution in [-0.2, 0) is 9.53 Å². The summed E-state index contributed by atoms with van der Waals surface area (Å²) >= 11 is 1.22. The van der Waals surface area contributed by atoms with Crippen LogP contribution in [0.3, 0.4) is 0 Å². The van der Waals surface area contributed by atoms with E-state index in [2.05, 4.69) is 11.9 Å². The van der Waals surface area contributed by atoms with Gasteiger partial charge in [-0.2, -0.15) is 0 Å². The molecule has 0 bridgehead atoms. The third-order valence-corrected chi connectivity index (χ3v) is 7.53. The number of methoxy groups -OCH3 is 2. The second-order valence-corrected chi connectivity index (χ2v) is 11.1. The molecular formula is C31H36N2O7S. The van der Waals surface area contributed by atoms with Crippen LogP contribution in [0, 0.1) is 5.92 Å². The van der Waals surface area contributed by atoms with Gasteiger partial charge in [0.25, 0.3) is 5.56 Å². The van der Waals surface area contributed by atoms with E-state index < -0.39 is 12.0 Å². The third kappa shape index (κ3) is 6.48. The fourth-order valence-corrected chi connectivity index (χ4v) is 5.50. The summed E-state index contributed by atoms with van der Waals surface area (Å²) in [6.07, 6.45) is 3.62. The summed E-state index contributed by atoms with van der Waals surface area (Å²) in [6.45, 7) is 8.55. The van der Waals surface area contributed by atoms with Crippen LogP contribution in [0.4, 0.5) is 0 Å². The molecule has 2 aromatic carbocycles. The number of hydrogen-bond acceptors (Lipinski definition) is 9. The van der Waals surface area contributed by atoms with E-state index in [0.717, 1.165) is 12.8 Å². The lowest BCUT2D eigenvalue weighted by molar-refractivity contribution is -0.140. The van der Waals surface area contributed by atoms with Gasteiger partial charge in [-0.15, -0.1) is 0 Å². The van der Waals surface area contributed by atoms with Gasteiger partial charge in [0.1, 0.15) is 0 Å². The molecule has 0 spiro atoms. The molecule has 0 saturated carbocycles. The molecule has 4 rings (SSSR count). The molecule has 218 valence electrons. The molecule has 10 heteroatoms. The van der Waals surface area contributed by atoms with Gasteiger partial charge in [-0.3, -0.25) is 9.36 Å². The molecule has 9 nitrogen and oxygen atoms in total. The molecule has 1 atom stereocenters. The minimum atomic E-state index is -0.791. The summed E-state index contributed by atoms with van der Waals surface area (Å²) in [7, 11) is 3.02. The summed E-state index contributed by atoms with van der Waals surface area (Å²) in [6, 6.07) is 9.49. The van der Waals surface area contributed by atoms with E-state index in [1.165, 1.54) is 29.1 Å². The first-order valence-corrected chi connectivity index (χ1v) is 14.4. The van der Waals surface area contributed by atoms with Gasteiger partial charge in [-0.25, -0.2) is 9.79 Å². The lowest BCUT2D eigenvalue weighted by atomic mass is 9.95. The van der Waals surface area contributed by atoms with Gasteiger partial charge in [0.15, 0.2) is 27.8 Å². The smallest absolute Gasteiger partial charge is 0.338 e. The van der Waals surface area contributed by atoms with E-state index in [4.69, 9.17) is 18.9 Å². The van der Waals surface area contributed by atoms with Crippen LogP contribution in [0.15, 0.2) is 57.5 Å². The number of phenolic OH excluding ortho intramolecular Hbond substituents is 1. The van der Waals surface area contributed by atoms with Gasteiger partial charge in [0, 0.05) is 0 Å². The predicted molar refractivity (Wildman–Crippen MR) is 158 cm³/mol. The fraction of sp³-hybridized carbons (Fsp3) is 0.387. The number of allylic oxidation sites excluding steroid dienone is 1. The number of fused-ring (bicyclic) bond motifs is 1. The van der Waals surface area contributed by atoms with E-state index in [1.54, 1.807) is 44.4 Å². The number of aromatic nitrogens is 1. The van der Waals surface area contributed by atoms with E-state index >= 15 is 0 Å².